The van der Waals surface area contributed by atoms with Gasteiger partial charge >= 0.3 is 17.9 Å². The van der Waals surface area contributed by atoms with Crippen molar-refractivity contribution in [2.75, 3.05) is 6.61 Å². The summed E-state index contributed by atoms with van der Waals surface area (Å²) in [6.45, 7) is 6.18. The second-order valence-corrected chi connectivity index (χ2v) is 3.94. The molecule has 0 heterocycles. The molecule has 7 nitrogen and oxygen atoms in total. The van der Waals surface area contributed by atoms with Gasteiger partial charge in [0.25, 0.3) is 0 Å². The lowest BCUT2D eigenvalue weighted by Gasteiger charge is -2.12. The highest BCUT2D eigenvalue weighted by Gasteiger charge is 2.19. The summed E-state index contributed by atoms with van der Waals surface area (Å²) in [5.74, 6) is -2.35. The molecule has 1 N–H and O–H groups in total. The van der Waals surface area contributed by atoms with Gasteiger partial charge in [-0.05, 0) is 27.7 Å². The lowest BCUT2D eigenvalue weighted by molar-refractivity contribution is -0.165. The molecule has 0 aliphatic heterocycles. The molecule has 0 amide bonds. The van der Waals surface area contributed by atoms with Gasteiger partial charge in [0.05, 0.1) is 13.0 Å². The van der Waals surface area contributed by atoms with Crippen molar-refractivity contribution in [3.63, 3.8) is 0 Å². The standard InChI is InChI=1S/C12H19NO6/c1-5-18-12(17)9(4)19-10(14)6-7(2)13-8(3)11(15)16/h8-9H,5-6H2,1-4H3,(H,15,16). The van der Waals surface area contributed by atoms with Gasteiger partial charge in [0, 0.05) is 5.71 Å². The van der Waals surface area contributed by atoms with Crippen LogP contribution in [0.3, 0.4) is 0 Å². The van der Waals surface area contributed by atoms with Crippen molar-refractivity contribution in [1.29, 1.82) is 0 Å². The molecule has 108 valence electrons. The van der Waals surface area contributed by atoms with E-state index in [9.17, 15) is 14.4 Å². The Morgan fingerprint density at radius 3 is 2.32 bits per heavy atom. The minimum atomic E-state index is -1.08. The zero-order valence-corrected chi connectivity index (χ0v) is 11.5. The summed E-state index contributed by atoms with van der Waals surface area (Å²) in [6, 6.07) is -0.921. The van der Waals surface area contributed by atoms with Crippen LogP contribution in [0, 0.1) is 0 Å². The van der Waals surface area contributed by atoms with Crippen molar-refractivity contribution in [3.8, 4) is 0 Å². The van der Waals surface area contributed by atoms with Crippen molar-refractivity contribution in [2.45, 2.75) is 46.3 Å². The van der Waals surface area contributed by atoms with Gasteiger partial charge in [-0.1, -0.05) is 0 Å². The van der Waals surface area contributed by atoms with E-state index < -0.39 is 30.1 Å². The minimum absolute atomic E-state index is 0.165. The molecule has 0 aliphatic carbocycles. The topological polar surface area (TPSA) is 102 Å². The van der Waals surface area contributed by atoms with Crippen LogP contribution < -0.4 is 0 Å². The predicted molar refractivity (Wildman–Crippen MR) is 67.0 cm³/mol. The highest BCUT2D eigenvalue weighted by Crippen LogP contribution is 2.01. The summed E-state index contributed by atoms with van der Waals surface area (Å²) >= 11 is 0. The second kappa shape index (κ2) is 8.23. The fourth-order valence-corrected chi connectivity index (χ4v) is 1.19. The van der Waals surface area contributed by atoms with Crippen LogP contribution in [0.5, 0.6) is 0 Å². The van der Waals surface area contributed by atoms with E-state index in [1.54, 1.807) is 6.92 Å². The Morgan fingerprint density at radius 2 is 1.84 bits per heavy atom. The Bertz CT molecular complexity index is 376. The molecule has 0 aromatic heterocycles. The minimum Gasteiger partial charge on any atom is -0.480 e. The van der Waals surface area contributed by atoms with Crippen molar-refractivity contribution < 1.29 is 29.0 Å². The first-order valence-electron chi connectivity index (χ1n) is 5.90. The van der Waals surface area contributed by atoms with E-state index in [1.807, 2.05) is 0 Å². The lowest BCUT2D eigenvalue weighted by Crippen LogP contribution is -2.27. The number of hydrogen-bond donors (Lipinski definition) is 1. The zero-order valence-electron chi connectivity index (χ0n) is 11.5. The maximum absolute atomic E-state index is 11.5. The Labute approximate surface area is 111 Å². The highest BCUT2D eigenvalue weighted by molar-refractivity contribution is 5.99. The summed E-state index contributed by atoms with van der Waals surface area (Å²) in [7, 11) is 0. The number of nitrogens with zero attached hydrogens (tertiary/aromatic N) is 1. The number of rotatable bonds is 7. The first kappa shape index (κ1) is 17.1. The maximum atomic E-state index is 11.5. The third-order valence-corrected chi connectivity index (χ3v) is 2.10. The van der Waals surface area contributed by atoms with Gasteiger partial charge in [0.1, 0.15) is 6.04 Å². The van der Waals surface area contributed by atoms with Crippen LogP contribution in [-0.4, -0.2) is 47.5 Å². The third kappa shape index (κ3) is 7.17. The van der Waals surface area contributed by atoms with Gasteiger partial charge in [-0.3, -0.25) is 9.79 Å². The maximum Gasteiger partial charge on any atom is 0.347 e. The summed E-state index contributed by atoms with van der Waals surface area (Å²) in [4.78, 5) is 37.1. The molecule has 0 aliphatic rings. The normalized spacial score (nSPS) is 14.4. The Hall–Kier alpha value is -1.92. The third-order valence-electron chi connectivity index (χ3n) is 2.10. The molecule has 0 saturated carbocycles. The molecule has 0 spiro atoms. The van der Waals surface area contributed by atoms with Crippen molar-refractivity contribution in [1.82, 2.24) is 0 Å². The van der Waals surface area contributed by atoms with E-state index in [4.69, 9.17) is 9.84 Å². The highest BCUT2D eigenvalue weighted by atomic mass is 16.6. The van der Waals surface area contributed by atoms with E-state index >= 15 is 0 Å². The van der Waals surface area contributed by atoms with Crippen LogP contribution in [0.2, 0.25) is 0 Å². The quantitative estimate of drug-likeness (QED) is 0.544. The Balaban J connectivity index is 4.31. The van der Waals surface area contributed by atoms with Gasteiger partial charge in [-0.2, -0.15) is 0 Å². The average Bonchev–Trinajstić information content (AvgIpc) is 2.28. The van der Waals surface area contributed by atoms with E-state index in [0.29, 0.717) is 5.71 Å². The number of carboxylic acids is 1. The fraction of sp³-hybridized carbons (Fsp3) is 0.667. The van der Waals surface area contributed by atoms with Crippen LogP contribution >= 0.6 is 0 Å². The van der Waals surface area contributed by atoms with E-state index in [-0.39, 0.29) is 13.0 Å². The number of aliphatic imine (C=N–C) groups is 1. The number of carbonyl (C=O) groups excluding carboxylic acids is 2. The van der Waals surface area contributed by atoms with Crippen LogP contribution in [0.4, 0.5) is 0 Å². The Kier molecular flexibility index (Phi) is 7.40. The van der Waals surface area contributed by atoms with Gasteiger partial charge in [0.2, 0.25) is 0 Å². The molecule has 0 aromatic rings. The molecule has 2 atom stereocenters. The van der Waals surface area contributed by atoms with Gasteiger partial charge in [0.15, 0.2) is 6.10 Å². The van der Waals surface area contributed by atoms with E-state index in [0.717, 1.165) is 0 Å². The molecule has 0 fully saturated rings. The van der Waals surface area contributed by atoms with Crippen molar-refractivity contribution in [3.05, 3.63) is 0 Å². The molecule has 2 unspecified atom stereocenters. The van der Waals surface area contributed by atoms with Crippen molar-refractivity contribution >= 4 is 23.6 Å². The predicted octanol–water partition coefficient (Wildman–Crippen LogP) is 0.805. The SMILES string of the molecule is CCOC(=O)C(C)OC(=O)CC(C)=NC(C)C(=O)O. The number of carboxylic acid groups (broad SMARTS) is 1. The van der Waals surface area contributed by atoms with E-state index in [1.165, 1.54) is 20.8 Å². The first-order chi connectivity index (χ1) is 8.77. The zero-order chi connectivity index (χ0) is 15.0. The summed E-state index contributed by atoms with van der Waals surface area (Å²) in [5.41, 5.74) is 0.330. The molecule has 19 heavy (non-hydrogen) atoms. The Morgan fingerprint density at radius 1 is 1.26 bits per heavy atom. The number of ether oxygens (including phenoxy) is 2. The summed E-state index contributed by atoms with van der Waals surface area (Å²) in [6.07, 6.45) is -1.15. The molecule has 0 saturated heterocycles. The summed E-state index contributed by atoms with van der Waals surface area (Å²) < 4.78 is 9.52. The smallest absolute Gasteiger partial charge is 0.347 e. The second-order valence-electron chi connectivity index (χ2n) is 3.94. The van der Waals surface area contributed by atoms with Gasteiger partial charge < -0.3 is 14.6 Å². The van der Waals surface area contributed by atoms with Crippen LogP contribution in [0.15, 0.2) is 4.99 Å². The first-order valence-corrected chi connectivity index (χ1v) is 5.90. The number of aliphatic carboxylic acids is 1. The van der Waals surface area contributed by atoms with Crippen LogP contribution in [0.1, 0.15) is 34.1 Å². The molecule has 7 heteroatoms. The molecule has 0 radical (unpaired) electrons. The summed E-state index contributed by atoms with van der Waals surface area (Å²) in [5, 5.41) is 8.66. The average molecular weight is 273 g/mol. The monoisotopic (exact) mass is 273 g/mol. The molecule has 0 bridgehead atoms. The fourth-order valence-electron chi connectivity index (χ4n) is 1.19. The van der Waals surface area contributed by atoms with Crippen molar-refractivity contribution in [2.24, 2.45) is 4.99 Å². The van der Waals surface area contributed by atoms with Gasteiger partial charge in [-0.15, -0.1) is 0 Å². The molecular weight excluding hydrogens is 254 g/mol. The van der Waals surface area contributed by atoms with E-state index in [2.05, 4.69) is 9.73 Å². The largest absolute Gasteiger partial charge is 0.480 e. The van der Waals surface area contributed by atoms with Crippen LogP contribution in [-0.2, 0) is 23.9 Å². The lowest BCUT2D eigenvalue weighted by atomic mass is 10.2. The molecule has 0 rings (SSSR count). The van der Waals surface area contributed by atoms with Crippen LogP contribution in [0.25, 0.3) is 0 Å². The van der Waals surface area contributed by atoms with Gasteiger partial charge in [-0.25, -0.2) is 9.59 Å². The number of hydrogen-bond acceptors (Lipinski definition) is 6. The molecule has 0 aromatic carbocycles. The number of carbonyl (C=O) groups is 3. The number of esters is 2. The molecular formula is C12H19NO6.